The van der Waals surface area contributed by atoms with Crippen molar-refractivity contribution in [2.24, 2.45) is 0 Å². The number of nitrogens with zero attached hydrogens (tertiary/aromatic N) is 3. The van der Waals surface area contributed by atoms with Gasteiger partial charge in [0.2, 0.25) is 15.9 Å². The van der Waals surface area contributed by atoms with Gasteiger partial charge in [0.05, 0.1) is 23.8 Å². The summed E-state index contributed by atoms with van der Waals surface area (Å²) >= 11 is 0. The molecule has 11 heteroatoms. The Balaban J connectivity index is 1.43. The van der Waals surface area contributed by atoms with E-state index in [1.165, 1.54) is 27.4 Å². The molecule has 2 amide bonds. The molecule has 0 atom stereocenters. The average Bonchev–Trinajstić information content (AvgIpc) is 2.89. The molecule has 1 fully saturated rings. The summed E-state index contributed by atoms with van der Waals surface area (Å²) in [6, 6.07) is 14.3. The van der Waals surface area contributed by atoms with Gasteiger partial charge < -0.3 is 19.7 Å². The maximum atomic E-state index is 13.1. The largest absolute Gasteiger partial charge is 0.482 e. The van der Waals surface area contributed by atoms with E-state index in [2.05, 4.69) is 10.2 Å². The number of morpholine rings is 1. The summed E-state index contributed by atoms with van der Waals surface area (Å²) in [6.07, 6.45) is 0. The number of sulfonamides is 1. The van der Waals surface area contributed by atoms with Gasteiger partial charge in [0, 0.05) is 38.4 Å². The number of nitrogens with one attached hydrogen (secondary N) is 1. The van der Waals surface area contributed by atoms with Crippen molar-refractivity contribution >= 4 is 33.2 Å². The van der Waals surface area contributed by atoms with Gasteiger partial charge in [-0.1, -0.05) is 18.2 Å². The van der Waals surface area contributed by atoms with Crippen molar-refractivity contribution in [3.05, 3.63) is 48.5 Å². The number of fused-ring (bicyclic) bond motifs is 1. The van der Waals surface area contributed by atoms with Gasteiger partial charge in [-0.3, -0.25) is 14.5 Å². The van der Waals surface area contributed by atoms with Crippen LogP contribution in [-0.4, -0.2) is 83.6 Å². The Morgan fingerprint density at radius 3 is 2.57 bits per heavy atom. The Labute approximate surface area is 205 Å². The molecule has 2 aromatic carbocycles. The second-order valence-corrected chi connectivity index (χ2v) is 10.1. The van der Waals surface area contributed by atoms with E-state index >= 15 is 0 Å². The van der Waals surface area contributed by atoms with Crippen molar-refractivity contribution in [2.75, 3.05) is 68.9 Å². The number of para-hydroxylation sites is 1. The Bertz CT molecular complexity index is 1150. The predicted molar refractivity (Wildman–Crippen MR) is 131 cm³/mol. The third-order valence-electron chi connectivity index (χ3n) is 5.99. The lowest BCUT2D eigenvalue weighted by Crippen LogP contribution is -2.46. The third kappa shape index (κ3) is 5.75. The molecule has 2 aliphatic heterocycles. The number of rotatable bonds is 9. The van der Waals surface area contributed by atoms with Crippen LogP contribution in [0.4, 0.5) is 11.4 Å². The molecule has 10 nitrogen and oxygen atoms in total. The molecule has 35 heavy (non-hydrogen) atoms. The van der Waals surface area contributed by atoms with Crippen LogP contribution in [0.3, 0.4) is 0 Å². The molecule has 2 aliphatic rings. The van der Waals surface area contributed by atoms with E-state index in [-0.39, 0.29) is 42.7 Å². The van der Waals surface area contributed by atoms with E-state index in [0.717, 1.165) is 12.2 Å². The van der Waals surface area contributed by atoms with Gasteiger partial charge in [0.1, 0.15) is 12.3 Å². The first-order chi connectivity index (χ1) is 16.9. The predicted octanol–water partition coefficient (Wildman–Crippen LogP) is 1.08. The first-order valence-electron chi connectivity index (χ1n) is 11.6. The first kappa shape index (κ1) is 25.0. The van der Waals surface area contributed by atoms with E-state index in [1.807, 2.05) is 37.3 Å². The van der Waals surface area contributed by atoms with Crippen molar-refractivity contribution in [2.45, 2.75) is 11.8 Å². The lowest BCUT2D eigenvalue weighted by molar-refractivity contribution is -0.125. The van der Waals surface area contributed by atoms with Crippen molar-refractivity contribution in [1.82, 2.24) is 9.62 Å². The molecule has 0 radical (unpaired) electrons. The van der Waals surface area contributed by atoms with Crippen molar-refractivity contribution in [1.29, 1.82) is 0 Å². The molecule has 2 aromatic rings. The maximum absolute atomic E-state index is 13.1. The summed E-state index contributed by atoms with van der Waals surface area (Å²) in [6.45, 7) is 4.59. The number of ether oxygens (including phenoxy) is 2. The van der Waals surface area contributed by atoms with Crippen LogP contribution in [0.5, 0.6) is 5.75 Å². The van der Waals surface area contributed by atoms with Crippen LogP contribution in [0.2, 0.25) is 0 Å². The van der Waals surface area contributed by atoms with Crippen LogP contribution in [0.25, 0.3) is 0 Å². The van der Waals surface area contributed by atoms with Gasteiger partial charge in [-0.2, -0.15) is 4.31 Å². The van der Waals surface area contributed by atoms with E-state index in [4.69, 9.17) is 9.47 Å². The minimum atomic E-state index is -3.76. The Hall–Kier alpha value is -3.15. The normalized spacial score (nSPS) is 16.4. The van der Waals surface area contributed by atoms with Gasteiger partial charge in [-0.25, -0.2) is 8.42 Å². The zero-order chi connectivity index (χ0) is 24.8. The van der Waals surface area contributed by atoms with Crippen LogP contribution in [-0.2, 0) is 24.3 Å². The van der Waals surface area contributed by atoms with Gasteiger partial charge in [0.15, 0.2) is 6.61 Å². The lowest BCUT2D eigenvalue weighted by Gasteiger charge is -2.30. The van der Waals surface area contributed by atoms with E-state index < -0.39 is 15.9 Å². The number of likely N-dealkylation sites (N-methyl/N-ethyl adjacent to an activating group) is 1. The highest BCUT2D eigenvalue weighted by Gasteiger charge is 2.32. The molecule has 188 valence electrons. The monoisotopic (exact) mass is 502 g/mol. The zero-order valence-electron chi connectivity index (χ0n) is 19.7. The molecule has 1 saturated heterocycles. The van der Waals surface area contributed by atoms with Crippen molar-refractivity contribution in [3.63, 3.8) is 0 Å². The summed E-state index contributed by atoms with van der Waals surface area (Å²) in [5.41, 5.74) is 1.33. The van der Waals surface area contributed by atoms with Crippen molar-refractivity contribution in [3.8, 4) is 5.75 Å². The fraction of sp³-hybridized carbons (Fsp3) is 0.417. The summed E-state index contributed by atoms with van der Waals surface area (Å²) < 4.78 is 38.2. The molecule has 1 N–H and O–H groups in total. The van der Waals surface area contributed by atoms with Crippen molar-refractivity contribution < 1.29 is 27.5 Å². The Kier molecular flexibility index (Phi) is 7.89. The Morgan fingerprint density at radius 2 is 1.86 bits per heavy atom. The number of hydrogen-bond acceptors (Lipinski definition) is 7. The number of hydrogen-bond donors (Lipinski definition) is 1. The molecule has 0 aromatic heterocycles. The van der Waals surface area contributed by atoms with E-state index in [9.17, 15) is 18.0 Å². The van der Waals surface area contributed by atoms with Crippen LogP contribution < -0.4 is 19.9 Å². The van der Waals surface area contributed by atoms with E-state index in [1.54, 1.807) is 0 Å². The van der Waals surface area contributed by atoms with Crippen LogP contribution >= 0.6 is 0 Å². The highest BCUT2D eigenvalue weighted by atomic mass is 32.2. The number of benzene rings is 2. The SMILES string of the molecule is CCN(CCNC(=O)CN1C(=O)COc2ccc(S(=O)(=O)N3CCOCC3)cc21)c1ccccc1. The van der Waals surface area contributed by atoms with Crippen LogP contribution in [0.1, 0.15) is 6.92 Å². The molecular formula is C24H30N4O6S. The number of amides is 2. The highest BCUT2D eigenvalue weighted by Crippen LogP contribution is 2.35. The second kappa shape index (κ2) is 11.1. The lowest BCUT2D eigenvalue weighted by atomic mass is 10.2. The number of anilines is 2. The Morgan fingerprint density at radius 1 is 1.11 bits per heavy atom. The fourth-order valence-corrected chi connectivity index (χ4v) is 5.52. The molecule has 0 spiro atoms. The standard InChI is InChI=1S/C24H30N4O6S/c1-2-26(19-6-4-3-5-7-19)11-10-25-23(29)17-28-21-16-20(8-9-22(21)34-18-24(28)30)35(31,32)27-12-14-33-15-13-27/h3-9,16H,2,10-15,17-18H2,1H3,(H,25,29). The van der Waals surface area contributed by atoms with Crippen LogP contribution in [0, 0.1) is 0 Å². The summed E-state index contributed by atoms with van der Waals surface area (Å²) in [7, 11) is -3.76. The van der Waals surface area contributed by atoms with Gasteiger partial charge in [-0.15, -0.1) is 0 Å². The molecule has 0 bridgehead atoms. The summed E-state index contributed by atoms with van der Waals surface area (Å²) in [5.74, 6) is -0.385. The fourth-order valence-electron chi connectivity index (χ4n) is 4.09. The van der Waals surface area contributed by atoms with Crippen LogP contribution in [0.15, 0.2) is 53.4 Å². The number of carbonyl (C=O) groups excluding carboxylic acids is 2. The molecule has 0 unspecified atom stereocenters. The average molecular weight is 503 g/mol. The molecule has 2 heterocycles. The first-order valence-corrected chi connectivity index (χ1v) is 13.1. The minimum absolute atomic E-state index is 0.0447. The topological polar surface area (TPSA) is 108 Å². The minimum Gasteiger partial charge on any atom is -0.482 e. The van der Waals surface area contributed by atoms with E-state index in [0.29, 0.717) is 32.1 Å². The second-order valence-electron chi connectivity index (χ2n) is 8.18. The maximum Gasteiger partial charge on any atom is 0.265 e. The highest BCUT2D eigenvalue weighted by molar-refractivity contribution is 7.89. The van der Waals surface area contributed by atoms with Gasteiger partial charge in [-0.05, 0) is 37.3 Å². The molecule has 0 aliphatic carbocycles. The van der Waals surface area contributed by atoms with Gasteiger partial charge >= 0.3 is 0 Å². The quantitative estimate of drug-likeness (QED) is 0.547. The molecular weight excluding hydrogens is 472 g/mol. The summed E-state index contributed by atoms with van der Waals surface area (Å²) in [5, 5.41) is 2.86. The van der Waals surface area contributed by atoms with Gasteiger partial charge in [0.25, 0.3) is 5.91 Å². The molecule has 0 saturated carbocycles. The smallest absolute Gasteiger partial charge is 0.265 e. The third-order valence-corrected chi connectivity index (χ3v) is 7.88. The molecule has 4 rings (SSSR count). The number of carbonyl (C=O) groups is 2. The zero-order valence-corrected chi connectivity index (χ0v) is 20.5. The summed E-state index contributed by atoms with van der Waals surface area (Å²) in [4.78, 5) is 28.8.